The fraction of sp³-hybridized carbons (Fsp3) is 0.579. The molecule has 0 saturated carbocycles. The lowest BCUT2D eigenvalue weighted by atomic mass is 9.90. The molecule has 142 valence electrons. The molecule has 7 heteroatoms. The Labute approximate surface area is 153 Å². The van der Waals surface area contributed by atoms with Crippen molar-refractivity contribution in [2.24, 2.45) is 11.8 Å². The van der Waals surface area contributed by atoms with Gasteiger partial charge in [-0.15, -0.1) is 0 Å². The zero-order valence-electron chi connectivity index (χ0n) is 15.2. The molecule has 3 rings (SSSR count). The Kier molecular flexibility index (Phi) is 5.78. The second kappa shape index (κ2) is 8.05. The number of hydroxylamine groups is 1. The molecule has 0 bridgehead atoms. The van der Waals surface area contributed by atoms with Crippen LogP contribution in [0.5, 0.6) is 5.75 Å². The fourth-order valence-electron chi connectivity index (χ4n) is 3.82. The molecule has 1 atom stereocenters. The summed E-state index contributed by atoms with van der Waals surface area (Å²) in [4.78, 5) is 26.8. The van der Waals surface area contributed by atoms with Gasteiger partial charge >= 0.3 is 0 Å². The highest BCUT2D eigenvalue weighted by Crippen LogP contribution is 2.38. The van der Waals surface area contributed by atoms with E-state index in [0.29, 0.717) is 37.7 Å². The van der Waals surface area contributed by atoms with Crippen LogP contribution in [-0.4, -0.2) is 48.3 Å². The number of hydrogen-bond donors (Lipinski definition) is 2. The Morgan fingerprint density at radius 1 is 1.23 bits per heavy atom. The van der Waals surface area contributed by atoms with E-state index in [0.717, 1.165) is 18.4 Å². The highest BCUT2D eigenvalue weighted by Gasteiger charge is 2.36. The minimum absolute atomic E-state index is 0.00834. The van der Waals surface area contributed by atoms with Crippen LogP contribution < -0.4 is 10.2 Å². The molecule has 1 aromatic carbocycles. The molecule has 0 aromatic heterocycles. The van der Waals surface area contributed by atoms with Gasteiger partial charge in [0.1, 0.15) is 12.4 Å². The van der Waals surface area contributed by atoms with Crippen LogP contribution in [0, 0.1) is 11.8 Å². The lowest BCUT2D eigenvalue weighted by Gasteiger charge is -2.36. The van der Waals surface area contributed by atoms with Crippen molar-refractivity contribution in [3.63, 3.8) is 0 Å². The van der Waals surface area contributed by atoms with Gasteiger partial charge in [0.2, 0.25) is 5.91 Å². The van der Waals surface area contributed by atoms with Gasteiger partial charge in [-0.1, -0.05) is 19.9 Å². The van der Waals surface area contributed by atoms with Gasteiger partial charge < -0.3 is 14.4 Å². The minimum atomic E-state index is -0.586. The van der Waals surface area contributed by atoms with Crippen LogP contribution >= 0.6 is 0 Å². The van der Waals surface area contributed by atoms with E-state index in [2.05, 4.69) is 13.8 Å². The Balaban J connectivity index is 1.93. The maximum Gasteiger partial charge on any atom is 0.274 e. The quantitative estimate of drug-likeness (QED) is 0.635. The fourth-order valence-corrected chi connectivity index (χ4v) is 3.82. The molecule has 1 aromatic rings. The largest absolute Gasteiger partial charge is 0.491 e. The zero-order chi connectivity index (χ0) is 18.7. The number of nitrogens with zero attached hydrogens (tertiary/aromatic N) is 1. The maximum atomic E-state index is 13.2. The van der Waals surface area contributed by atoms with Crippen molar-refractivity contribution in [3.8, 4) is 5.75 Å². The Hall–Kier alpha value is -2.12. The average Bonchev–Trinajstić information content (AvgIpc) is 2.86. The van der Waals surface area contributed by atoms with Crippen LogP contribution in [0.3, 0.4) is 0 Å². The van der Waals surface area contributed by atoms with E-state index >= 15 is 0 Å². The van der Waals surface area contributed by atoms with E-state index in [1.54, 1.807) is 17.6 Å². The van der Waals surface area contributed by atoms with Gasteiger partial charge in [0, 0.05) is 30.3 Å². The Morgan fingerprint density at radius 2 is 1.96 bits per heavy atom. The summed E-state index contributed by atoms with van der Waals surface area (Å²) >= 11 is 0. The molecule has 26 heavy (non-hydrogen) atoms. The molecule has 0 aliphatic carbocycles. The summed E-state index contributed by atoms with van der Waals surface area (Å²) in [7, 11) is 0. The number of amides is 2. The molecule has 0 spiro atoms. The third-order valence-corrected chi connectivity index (χ3v) is 5.11. The molecular formula is C19H26N2O5. The highest BCUT2D eigenvalue weighted by atomic mass is 16.5. The molecule has 7 nitrogen and oxygen atoms in total. The number of nitrogens with one attached hydrogen (secondary N) is 1. The van der Waals surface area contributed by atoms with Gasteiger partial charge in [-0.25, -0.2) is 5.48 Å². The molecule has 1 saturated heterocycles. The van der Waals surface area contributed by atoms with Gasteiger partial charge in [-0.3, -0.25) is 14.8 Å². The van der Waals surface area contributed by atoms with Crippen LogP contribution in [0.25, 0.3) is 0 Å². The highest BCUT2D eigenvalue weighted by molar-refractivity contribution is 5.94. The molecule has 1 fully saturated rings. The monoisotopic (exact) mass is 362 g/mol. The summed E-state index contributed by atoms with van der Waals surface area (Å²) in [5.74, 6) is 0.340. The number of hydrogen-bond acceptors (Lipinski definition) is 5. The van der Waals surface area contributed by atoms with Gasteiger partial charge in [0.25, 0.3) is 5.91 Å². The van der Waals surface area contributed by atoms with Crippen molar-refractivity contribution >= 4 is 11.8 Å². The number of carbonyl (C=O) groups excluding carboxylic acids is 2. The number of benzene rings is 1. The van der Waals surface area contributed by atoms with Crippen LogP contribution in [0.1, 0.15) is 48.7 Å². The normalized spacial score (nSPS) is 20.9. The molecular weight excluding hydrogens is 336 g/mol. The van der Waals surface area contributed by atoms with E-state index in [4.69, 9.17) is 14.7 Å². The molecule has 0 radical (unpaired) electrons. The predicted octanol–water partition coefficient (Wildman–Crippen LogP) is 2.15. The van der Waals surface area contributed by atoms with Crippen molar-refractivity contribution < 1.29 is 24.3 Å². The molecule has 0 unspecified atom stereocenters. The standard InChI is InChI=1S/C19H26N2O5/c1-12(2)17-15-4-3-14(18(22)20-24)11-16(15)26-10-7-21(17)19(23)13-5-8-25-9-6-13/h3-4,11-13,17,24H,5-10H2,1-2H3,(H,20,22)/t17-/m1/s1. The average molecular weight is 362 g/mol. The van der Waals surface area contributed by atoms with Crippen LogP contribution in [0.15, 0.2) is 18.2 Å². The molecule has 2 heterocycles. The van der Waals surface area contributed by atoms with Crippen LogP contribution in [-0.2, 0) is 9.53 Å². The molecule has 2 aliphatic heterocycles. The predicted molar refractivity (Wildman–Crippen MR) is 94.0 cm³/mol. The van der Waals surface area contributed by atoms with Crippen LogP contribution in [0.4, 0.5) is 0 Å². The molecule has 2 amide bonds. The third kappa shape index (κ3) is 3.68. The number of ether oxygens (including phenoxy) is 2. The summed E-state index contributed by atoms with van der Waals surface area (Å²) in [5, 5.41) is 8.84. The van der Waals surface area contributed by atoms with E-state index in [-0.39, 0.29) is 23.8 Å². The van der Waals surface area contributed by atoms with E-state index in [1.807, 2.05) is 11.0 Å². The third-order valence-electron chi connectivity index (χ3n) is 5.11. The van der Waals surface area contributed by atoms with E-state index in [1.165, 1.54) is 0 Å². The van der Waals surface area contributed by atoms with Crippen molar-refractivity contribution in [3.05, 3.63) is 29.3 Å². The van der Waals surface area contributed by atoms with Crippen molar-refractivity contribution in [1.82, 2.24) is 10.4 Å². The van der Waals surface area contributed by atoms with Crippen LogP contribution in [0.2, 0.25) is 0 Å². The van der Waals surface area contributed by atoms with Gasteiger partial charge in [0.05, 0.1) is 12.6 Å². The smallest absolute Gasteiger partial charge is 0.274 e. The zero-order valence-corrected chi connectivity index (χ0v) is 15.2. The van der Waals surface area contributed by atoms with Gasteiger partial charge in [-0.05, 0) is 30.9 Å². The second-order valence-corrected chi connectivity index (χ2v) is 7.15. The lowest BCUT2D eigenvalue weighted by Crippen LogP contribution is -2.43. The topological polar surface area (TPSA) is 88.1 Å². The van der Waals surface area contributed by atoms with E-state index < -0.39 is 5.91 Å². The molecule has 2 aliphatic rings. The first-order chi connectivity index (χ1) is 12.5. The summed E-state index contributed by atoms with van der Waals surface area (Å²) in [6.07, 6.45) is 1.51. The van der Waals surface area contributed by atoms with E-state index in [9.17, 15) is 9.59 Å². The first-order valence-electron chi connectivity index (χ1n) is 9.12. The minimum Gasteiger partial charge on any atom is -0.491 e. The van der Waals surface area contributed by atoms with Crippen molar-refractivity contribution in [1.29, 1.82) is 0 Å². The lowest BCUT2D eigenvalue weighted by molar-refractivity contribution is -0.142. The first-order valence-corrected chi connectivity index (χ1v) is 9.12. The van der Waals surface area contributed by atoms with Gasteiger partial charge in [0.15, 0.2) is 0 Å². The molecule has 2 N–H and O–H groups in total. The summed E-state index contributed by atoms with van der Waals surface area (Å²) in [5.41, 5.74) is 2.85. The summed E-state index contributed by atoms with van der Waals surface area (Å²) < 4.78 is 11.2. The second-order valence-electron chi connectivity index (χ2n) is 7.15. The van der Waals surface area contributed by atoms with Crippen molar-refractivity contribution in [2.75, 3.05) is 26.4 Å². The number of fused-ring (bicyclic) bond motifs is 1. The Bertz CT molecular complexity index is 670. The number of carbonyl (C=O) groups is 2. The van der Waals surface area contributed by atoms with Gasteiger partial charge in [-0.2, -0.15) is 0 Å². The maximum absolute atomic E-state index is 13.2. The summed E-state index contributed by atoms with van der Waals surface area (Å²) in [6, 6.07) is 4.97. The summed E-state index contributed by atoms with van der Waals surface area (Å²) in [6.45, 7) is 6.30. The SMILES string of the molecule is CC(C)[C@@H]1c2ccc(C(=O)NO)cc2OCCN1C(=O)C1CCOCC1. The Morgan fingerprint density at radius 3 is 2.62 bits per heavy atom. The van der Waals surface area contributed by atoms with Crippen molar-refractivity contribution in [2.45, 2.75) is 32.7 Å². The number of rotatable bonds is 3. The first kappa shape index (κ1) is 18.7.